The van der Waals surface area contributed by atoms with Gasteiger partial charge in [-0.2, -0.15) is 0 Å². The first-order valence-corrected chi connectivity index (χ1v) is 7.76. The fourth-order valence-electron chi connectivity index (χ4n) is 1.96. The normalized spacial score (nSPS) is 11.5. The Hall–Kier alpha value is -1.79. The van der Waals surface area contributed by atoms with Gasteiger partial charge in [-0.3, -0.25) is 0 Å². The van der Waals surface area contributed by atoms with Crippen molar-refractivity contribution in [3.63, 3.8) is 0 Å². The van der Waals surface area contributed by atoms with Crippen LogP contribution in [-0.4, -0.2) is 26.6 Å². The molecule has 108 valence electrons. The summed E-state index contributed by atoms with van der Waals surface area (Å²) in [7, 11) is -1.93. The largest absolute Gasteiger partial charge is 0.497 e. The molecule has 2 aromatic rings. The van der Waals surface area contributed by atoms with E-state index >= 15 is 0 Å². The van der Waals surface area contributed by atoms with Gasteiger partial charge in [-0.15, -0.1) is 0 Å². The van der Waals surface area contributed by atoms with E-state index < -0.39 is 10.0 Å². The number of hydrogen-bond donors (Lipinski definition) is 1. The van der Waals surface area contributed by atoms with Crippen LogP contribution < -0.4 is 9.46 Å². The number of nitrogens with zero attached hydrogens (tertiary/aromatic N) is 1. The molecule has 0 atom stereocenters. The predicted octanol–water partition coefficient (Wildman–Crippen LogP) is 1.78. The summed E-state index contributed by atoms with van der Waals surface area (Å²) in [6.07, 6.45) is 3.79. The Morgan fingerprint density at radius 1 is 1.25 bits per heavy atom. The van der Waals surface area contributed by atoms with Gasteiger partial charge < -0.3 is 9.30 Å². The van der Waals surface area contributed by atoms with E-state index in [9.17, 15) is 8.42 Å². The first kappa shape index (κ1) is 14.6. The lowest BCUT2D eigenvalue weighted by Crippen LogP contribution is -2.27. The van der Waals surface area contributed by atoms with Gasteiger partial charge in [0.15, 0.2) is 0 Å². The molecule has 20 heavy (non-hydrogen) atoms. The van der Waals surface area contributed by atoms with Gasteiger partial charge in [0.1, 0.15) is 5.75 Å². The molecule has 0 unspecified atom stereocenters. The monoisotopic (exact) mass is 294 g/mol. The molecule has 6 heteroatoms. The van der Waals surface area contributed by atoms with E-state index in [1.165, 1.54) is 0 Å². The van der Waals surface area contributed by atoms with Gasteiger partial charge in [-0.05, 0) is 42.8 Å². The third kappa shape index (κ3) is 3.40. The first-order chi connectivity index (χ1) is 9.53. The van der Waals surface area contributed by atoms with Gasteiger partial charge in [-0.25, -0.2) is 13.1 Å². The van der Waals surface area contributed by atoms with Crippen LogP contribution >= 0.6 is 0 Å². The Kier molecular flexibility index (Phi) is 4.46. The fraction of sp³-hybridized carbons (Fsp3) is 0.286. The zero-order valence-electron chi connectivity index (χ0n) is 11.5. The van der Waals surface area contributed by atoms with Gasteiger partial charge in [0.2, 0.25) is 10.0 Å². The molecule has 0 fully saturated rings. The SMILES string of the molecule is COc1ccc(S(=O)(=O)NCCn2cccc2)c(C)c1. The Balaban J connectivity index is 2.06. The highest BCUT2D eigenvalue weighted by Gasteiger charge is 2.16. The first-order valence-electron chi connectivity index (χ1n) is 6.28. The molecule has 1 aromatic carbocycles. The van der Waals surface area contributed by atoms with Gasteiger partial charge >= 0.3 is 0 Å². The molecular weight excluding hydrogens is 276 g/mol. The Bertz CT molecular complexity index is 664. The van der Waals surface area contributed by atoms with Crippen LogP contribution in [0.1, 0.15) is 5.56 Å². The number of nitrogens with one attached hydrogen (secondary N) is 1. The van der Waals surface area contributed by atoms with Gasteiger partial charge in [0.05, 0.1) is 12.0 Å². The van der Waals surface area contributed by atoms with Crippen molar-refractivity contribution in [3.8, 4) is 5.75 Å². The molecular formula is C14H18N2O3S. The number of methoxy groups -OCH3 is 1. The standard InChI is InChI=1S/C14H18N2O3S/c1-12-11-13(19-2)5-6-14(12)20(17,18)15-7-10-16-8-3-4-9-16/h3-6,8-9,11,15H,7,10H2,1-2H3. The topological polar surface area (TPSA) is 60.3 Å². The Labute approximate surface area is 119 Å². The minimum Gasteiger partial charge on any atom is -0.497 e. The van der Waals surface area contributed by atoms with Gasteiger partial charge in [-0.1, -0.05) is 0 Å². The van der Waals surface area contributed by atoms with Crippen LogP contribution in [0.5, 0.6) is 5.75 Å². The molecule has 1 N–H and O–H groups in total. The second-order valence-electron chi connectivity index (χ2n) is 4.45. The maximum absolute atomic E-state index is 12.2. The molecule has 0 spiro atoms. The number of aromatic nitrogens is 1. The summed E-state index contributed by atoms with van der Waals surface area (Å²) in [6, 6.07) is 8.73. The number of hydrogen-bond acceptors (Lipinski definition) is 3. The van der Waals surface area contributed by atoms with E-state index in [2.05, 4.69) is 4.72 Å². The quantitative estimate of drug-likeness (QED) is 0.883. The van der Waals surface area contributed by atoms with Crippen molar-refractivity contribution in [2.45, 2.75) is 18.4 Å². The predicted molar refractivity (Wildman–Crippen MR) is 77.4 cm³/mol. The maximum Gasteiger partial charge on any atom is 0.240 e. The summed E-state index contributed by atoms with van der Waals surface area (Å²) in [5.41, 5.74) is 0.665. The smallest absolute Gasteiger partial charge is 0.240 e. The highest BCUT2D eigenvalue weighted by molar-refractivity contribution is 7.89. The summed E-state index contributed by atoms with van der Waals surface area (Å²) in [4.78, 5) is 0.283. The van der Waals surface area contributed by atoms with E-state index in [4.69, 9.17) is 4.74 Å². The number of sulfonamides is 1. The van der Waals surface area contributed by atoms with Crippen molar-refractivity contribution >= 4 is 10.0 Å². The number of ether oxygens (including phenoxy) is 1. The molecule has 0 aliphatic carbocycles. The van der Waals surface area contributed by atoms with E-state index in [1.807, 2.05) is 29.1 Å². The summed E-state index contributed by atoms with van der Waals surface area (Å²) in [5.74, 6) is 0.647. The highest BCUT2D eigenvalue weighted by atomic mass is 32.2. The molecule has 0 amide bonds. The van der Waals surface area contributed by atoms with Crippen molar-refractivity contribution in [1.82, 2.24) is 9.29 Å². The van der Waals surface area contributed by atoms with Crippen LogP contribution in [0.15, 0.2) is 47.6 Å². The lowest BCUT2D eigenvalue weighted by Gasteiger charge is -2.11. The molecule has 0 saturated carbocycles. The average molecular weight is 294 g/mol. The summed E-state index contributed by atoms with van der Waals surface area (Å²) < 4.78 is 34.0. The average Bonchev–Trinajstić information content (AvgIpc) is 2.91. The van der Waals surface area contributed by atoms with Crippen LogP contribution in [0, 0.1) is 6.92 Å². The van der Waals surface area contributed by atoms with Crippen LogP contribution in [0.2, 0.25) is 0 Å². The van der Waals surface area contributed by atoms with Crippen molar-refractivity contribution < 1.29 is 13.2 Å². The lowest BCUT2D eigenvalue weighted by molar-refractivity contribution is 0.414. The van der Waals surface area contributed by atoms with E-state index in [0.29, 0.717) is 24.4 Å². The summed E-state index contributed by atoms with van der Waals surface area (Å²) in [5, 5.41) is 0. The van der Waals surface area contributed by atoms with Crippen LogP contribution in [0.25, 0.3) is 0 Å². The Morgan fingerprint density at radius 2 is 1.95 bits per heavy atom. The second-order valence-corrected chi connectivity index (χ2v) is 6.19. The Morgan fingerprint density at radius 3 is 2.55 bits per heavy atom. The molecule has 1 aromatic heterocycles. The number of aryl methyl sites for hydroxylation is 1. The highest BCUT2D eigenvalue weighted by Crippen LogP contribution is 2.20. The van der Waals surface area contributed by atoms with Crippen LogP contribution in [-0.2, 0) is 16.6 Å². The van der Waals surface area contributed by atoms with E-state index in [-0.39, 0.29) is 4.90 Å². The third-order valence-corrected chi connectivity index (χ3v) is 4.62. The van der Waals surface area contributed by atoms with Crippen molar-refractivity contribution in [2.24, 2.45) is 0 Å². The fourth-order valence-corrected chi connectivity index (χ4v) is 3.20. The van der Waals surface area contributed by atoms with Gasteiger partial charge in [0, 0.05) is 25.5 Å². The molecule has 0 aliphatic rings. The molecule has 2 rings (SSSR count). The van der Waals surface area contributed by atoms with Crippen molar-refractivity contribution in [3.05, 3.63) is 48.3 Å². The van der Waals surface area contributed by atoms with E-state index in [1.54, 1.807) is 32.2 Å². The lowest BCUT2D eigenvalue weighted by atomic mass is 10.2. The molecule has 0 bridgehead atoms. The number of rotatable bonds is 6. The third-order valence-electron chi connectivity index (χ3n) is 3.00. The van der Waals surface area contributed by atoms with Crippen molar-refractivity contribution in [2.75, 3.05) is 13.7 Å². The number of benzene rings is 1. The van der Waals surface area contributed by atoms with Crippen LogP contribution in [0.4, 0.5) is 0 Å². The summed E-state index contributed by atoms with van der Waals surface area (Å²) >= 11 is 0. The molecule has 0 aliphatic heterocycles. The maximum atomic E-state index is 12.2. The molecule has 0 saturated heterocycles. The van der Waals surface area contributed by atoms with Gasteiger partial charge in [0.25, 0.3) is 0 Å². The molecule has 0 radical (unpaired) electrons. The summed E-state index contributed by atoms with van der Waals surface area (Å²) in [6.45, 7) is 2.70. The van der Waals surface area contributed by atoms with Crippen LogP contribution in [0.3, 0.4) is 0 Å². The zero-order chi connectivity index (χ0) is 14.6. The molecule has 5 nitrogen and oxygen atoms in total. The molecule has 1 heterocycles. The second kappa shape index (κ2) is 6.11. The van der Waals surface area contributed by atoms with E-state index in [0.717, 1.165) is 0 Å². The minimum absolute atomic E-state index is 0.283. The zero-order valence-corrected chi connectivity index (χ0v) is 12.4. The minimum atomic E-state index is -3.49. The van der Waals surface area contributed by atoms with Crippen molar-refractivity contribution in [1.29, 1.82) is 0 Å².